The van der Waals surface area contributed by atoms with Crippen molar-refractivity contribution >= 4 is 5.91 Å². The summed E-state index contributed by atoms with van der Waals surface area (Å²) in [5.41, 5.74) is 1.13. The van der Waals surface area contributed by atoms with Gasteiger partial charge >= 0.3 is 0 Å². The number of pyridine rings is 1. The number of carbonyl (C=O) groups excluding carboxylic acids is 1. The number of aromatic nitrogens is 1. The van der Waals surface area contributed by atoms with Gasteiger partial charge in [-0.3, -0.25) is 4.79 Å². The SMILES string of the molecule is COCCN(C(=O)c1ccc(C#CCCO)cn1)C(C)C. The van der Waals surface area contributed by atoms with Crippen molar-refractivity contribution in [3.05, 3.63) is 29.6 Å². The van der Waals surface area contributed by atoms with Crippen LogP contribution in [0.15, 0.2) is 18.3 Å². The van der Waals surface area contributed by atoms with E-state index in [1.54, 1.807) is 30.3 Å². The smallest absolute Gasteiger partial charge is 0.272 e. The minimum Gasteiger partial charge on any atom is -0.395 e. The minimum absolute atomic E-state index is 0.0415. The zero-order chi connectivity index (χ0) is 15.7. The number of aliphatic hydroxyl groups excluding tert-OH is 1. The lowest BCUT2D eigenvalue weighted by atomic mass is 10.2. The summed E-state index contributed by atoms with van der Waals surface area (Å²) in [5.74, 6) is 5.58. The first kappa shape index (κ1) is 17.2. The summed E-state index contributed by atoms with van der Waals surface area (Å²) in [6.07, 6.45) is 2.01. The number of hydrogen-bond donors (Lipinski definition) is 1. The molecule has 0 atom stereocenters. The van der Waals surface area contributed by atoms with Crippen LogP contribution in [-0.4, -0.2) is 53.8 Å². The molecule has 5 heteroatoms. The molecular formula is C16H22N2O3. The fourth-order valence-electron chi connectivity index (χ4n) is 1.75. The highest BCUT2D eigenvalue weighted by Gasteiger charge is 2.19. The first-order valence-corrected chi connectivity index (χ1v) is 6.95. The largest absolute Gasteiger partial charge is 0.395 e. The van der Waals surface area contributed by atoms with Crippen molar-refractivity contribution in [2.24, 2.45) is 0 Å². The van der Waals surface area contributed by atoms with Gasteiger partial charge in [0.15, 0.2) is 0 Å². The summed E-state index contributed by atoms with van der Waals surface area (Å²) < 4.78 is 5.03. The van der Waals surface area contributed by atoms with Gasteiger partial charge in [-0.25, -0.2) is 4.98 Å². The number of ether oxygens (including phenoxy) is 1. The van der Waals surface area contributed by atoms with Gasteiger partial charge in [0.25, 0.3) is 5.91 Å². The van der Waals surface area contributed by atoms with Gasteiger partial charge in [-0.1, -0.05) is 11.8 Å². The van der Waals surface area contributed by atoms with Gasteiger partial charge in [0.2, 0.25) is 0 Å². The molecule has 0 aliphatic heterocycles. The maximum Gasteiger partial charge on any atom is 0.272 e. The molecule has 1 N–H and O–H groups in total. The second kappa shape index (κ2) is 9.11. The van der Waals surface area contributed by atoms with Crippen molar-refractivity contribution < 1.29 is 14.6 Å². The average Bonchev–Trinajstić information content (AvgIpc) is 2.48. The van der Waals surface area contributed by atoms with Crippen molar-refractivity contribution in [3.63, 3.8) is 0 Å². The van der Waals surface area contributed by atoms with E-state index in [4.69, 9.17) is 9.84 Å². The molecule has 21 heavy (non-hydrogen) atoms. The van der Waals surface area contributed by atoms with E-state index in [-0.39, 0.29) is 18.6 Å². The summed E-state index contributed by atoms with van der Waals surface area (Å²) in [4.78, 5) is 18.3. The summed E-state index contributed by atoms with van der Waals surface area (Å²) in [6.45, 7) is 4.99. The van der Waals surface area contributed by atoms with Crippen LogP contribution in [0.25, 0.3) is 0 Å². The monoisotopic (exact) mass is 290 g/mol. The number of hydrogen-bond acceptors (Lipinski definition) is 4. The molecular weight excluding hydrogens is 268 g/mol. The molecule has 0 saturated heterocycles. The molecule has 0 fully saturated rings. The molecule has 0 aliphatic rings. The number of amides is 1. The molecule has 1 heterocycles. The van der Waals surface area contributed by atoms with Gasteiger partial charge in [-0.15, -0.1) is 0 Å². The second-order valence-electron chi connectivity index (χ2n) is 4.79. The van der Waals surface area contributed by atoms with Crippen LogP contribution in [0.1, 0.15) is 36.3 Å². The Morgan fingerprint density at radius 2 is 2.24 bits per heavy atom. The molecule has 1 aromatic rings. The number of nitrogens with zero attached hydrogens (tertiary/aromatic N) is 2. The maximum atomic E-state index is 12.4. The van der Waals surface area contributed by atoms with E-state index in [0.29, 0.717) is 25.3 Å². The minimum atomic E-state index is -0.114. The Kier molecular flexibility index (Phi) is 7.44. The zero-order valence-electron chi connectivity index (χ0n) is 12.8. The average molecular weight is 290 g/mol. The Morgan fingerprint density at radius 1 is 1.48 bits per heavy atom. The van der Waals surface area contributed by atoms with E-state index in [9.17, 15) is 4.79 Å². The molecule has 0 radical (unpaired) electrons. The van der Waals surface area contributed by atoms with Crippen LogP contribution in [0.3, 0.4) is 0 Å². The van der Waals surface area contributed by atoms with Crippen LogP contribution in [0.2, 0.25) is 0 Å². The van der Waals surface area contributed by atoms with Crippen LogP contribution in [0, 0.1) is 11.8 Å². The Bertz CT molecular complexity index is 500. The van der Waals surface area contributed by atoms with E-state index in [1.165, 1.54) is 0 Å². The van der Waals surface area contributed by atoms with Crippen molar-refractivity contribution in [1.29, 1.82) is 0 Å². The Morgan fingerprint density at radius 3 is 2.76 bits per heavy atom. The van der Waals surface area contributed by atoms with Gasteiger partial charge in [-0.05, 0) is 26.0 Å². The summed E-state index contributed by atoms with van der Waals surface area (Å²) in [6, 6.07) is 3.52. The Balaban J connectivity index is 2.79. The lowest BCUT2D eigenvalue weighted by Crippen LogP contribution is -2.39. The first-order valence-electron chi connectivity index (χ1n) is 6.95. The highest BCUT2D eigenvalue weighted by molar-refractivity contribution is 5.92. The van der Waals surface area contributed by atoms with E-state index in [0.717, 1.165) is 5.56 Å². The van der Waals surface area contributed by atoms with Gasteiger partial charge < -0.3 is 14.7 Å². The lowest BCUT2D eigenvalue weighted by Gasteiger charge is -2.26. The van der Waals surface area contributed by atoms with E-state index in [1.807, 2.05) is 13.8 Å². The standard InChI is InChI=1S/C16H22N2O3/c1-13(2)18(9-11-21-3)16(20)15-8-7-14(12-17-15)6-4-5-10-19/h7-8,12-13,19H,5,9-11H2,1-3H3. The molecule has 1 amide bonds. The number of carbonyl (C=O) groups is 1. The topological polar surface area (TPSA) is 62.7 Å². The first-order chi connectivity index (χ1) is 10.1. The highest BCUT2D eigenvalue weighted by Crippen LogP contribution is 2.07. The molecule has 0 spiro atoms. The molecule has 0 saturated carbocycles. The molecule has 1 aromatic heterocycles. The third-order valence-corrected chi connectivity index (χ3v) is 2.87. The molecule has 0 bridgehead atoms. The van der Waals surface area contributed by atoms with Crippen LogP contribution in [-0.2, 0) is 4.74 Å². The predicted octanol–water partition coefficient (Wildman–Crippen LogP) is 1.31. The second-order valence-corrected chi connectivity index (χ2v) is 4.79. The van der Waals surface area contributed by atoms with Crippen LogP contribution in [0.4, 0.5) is 0 Å². The number of rotatable bonds is 6. The third kappa shape index (κ3) is 5.54. The molecule has 0 aliphatic carbocycles. The van der Waals surface area contributed by atoms with Crippen LogP contribution in [0.5, 0.6) is 0 Å². The van der Waals surface area contributed by atoms with Crippen LogP contribution < -0.4 is 0 Å². The van der Waals surface area contributed by atoms with Crippen LogP contribution >= 0.6 is 0 Å². The predicted molar refractivity (Wildman–Crippen MR) is 80.9 cm³/mol. The van der Waals surface area contributed by atoms with E-state index in [2.05, 4.69) is 16.8 Å². The highest BCUT2D eigenvalue weighted by atomic mass is 16.5. The van der Waals surface area contributed by atoms with Gasteiger partial charge in [-0.2, -0.15) is 0 Å². The summed E-state index contributed by atoms with van der Waals surface area (Å²) in [7, 11) is 1.61. The molecule has 0 unspecified atom stereocenters. The summed E-state index contributed by atoms with van der Waals surface area (Å²) >= 11 is 0. The van der Waals surface area contributed by atoms with Crippen molar-refractivity contribution in [2.75, 3.05) is 26.9 Å². The number of aliphatic hydroxyl groups is 1. The number of methoxy groups -OCH3 is 1. The van der Waals surface area contributed by atoms with Gasteiger partial charge in [0.1, 0.15) is 5.69 Å². The van der Waals surface area contributed by atoms with E-state index < -0.39 is 0 Å². The summed E-state index contributed by atoms with van der Waals surface area (Å²) in [5, 5.41) is 8.67. The van der Waals surface area contributed by atoms with Gasteiger partial charge in [0, 0.05) is 37.9 Å². The third-order valence-electron chi connectivity index (χ3n) is 2.87. The fourth-order valence-corrected chi connectivity index (χ4v) is 1.75. The fraction of sp³-hybridized carbons (Fsp3) is 0.500. The normalized spacial score (nSPS) is 10.1. The molecule has 5 nitrogen and oxygen atoms in total. The molecule has 1 rings (SSSR count). The molecule has 0 aromatic carbocycles. The zero-order valence-corrected chi connectivity index (χ0v) is 12.8. The van der Waals surface area contributed by atoms with Crippen molar-refractivity contribution in [3.8, 4) is 11.8 Å². The molecule has 114 valence electrons. The van der Waals surface area contributed by atoms with E-state index >= 15 is 0 Å². The lowest BCUT2D eigenvalue weighted by molar-refractivity contribution is 0.0629. The van der Waals surface area contributed by atoms with Crippen molar-refractivity contribution in [1.82, 2.24) is 9.88 Å². The van der Waals surface area contributed by atoms with Crippen molar-refractivity contribution in [2.45, 2.75) is 26.3 Å². The quantitative estimate of drug-likeness (QED) is 0.803. The van der Waals surface area contributed by atoms with Gasteiger partial charge in [0.05, 0.1) is 13.2 Å². The maximum absolute atomic E-state index is 12.4. The Labute approximate surface area is 125 Å². The Hall–Kier alpha value is -1.90.